The molecule has 1 aromatic rings. The van der Waals surface area contributed by atoms with E-state index in [1.54, 1.807) is 0 Å². The number of unbranched alkanes of at least 4 members (excludes halogenated alkanes) is 8. The van der Waals surface area contributed by atoms with Gasteiger partial charge in [-0.25, -0.2) is 10.1 Å². The molecular weight excluding hydrogens is 512 g/mol. The van der Waals surface area contributed by atoms with Gasteiger partial charge in [-0.05, 0) is 44.2 Å². The van der Waals surface area contributed by atoms with Crippen LogP contribution < -0.4 is 9.47 Å². The highest BCUT2D eigenvalue weighted by Gasteiger charge is 2.29. The van der Waals surface area contributed by atoms with E-state index in [-0.39, 0.29) is 18.5 Å². The molecule has 0 saturated heterocycles. The molecular formula is C27H34N2O6S2. The minimum absolute atomic E-state index is 0.0588. The predicted octanol–water partition coefficient (Wildman–Crippen LogP) is 7.41. The third-order valence-corrected chi connectivity index (χ3v) is 8.31. The van der Waals surface area contributed by atoms with Crippen LogP contribution in [0.2, 0.25) is 0 Å². The van der Waals surface area contributed by atoms with Crippen LogP contribution >= 0.6 is 23.5 Å². The molecule has 1 aliphatic heterocycles. The molecule has 2 rings (SSSR count). The van der Waals surface area contributed by atoms with Crippen molar-refractivity contribution in [3.05, 3.63) is 33.0 Å². The molecule has 1 aliphatic rings. The molecule has 8 nitrogen and oxygen atoms in total. The number of carboxylic acid groups (broad SMARTS) is 2. The molecule has 0 amide bonds. The van der Waals surface area contributed by atoms with Crippen LogP contribution in [0.1, 0.15) is 82.6 Å². The van der Waals surface area contributed by atoms with Crippen molar-refractivity contribution in [2.75, 3.05) is 13.2 Å². The van der Waals surface area contributed by atoms with E-state index in [1.807, 2.05) is 19.1 Å². The molecule has 0 aromatic heterocycles. The van der Waals surface area contributed by atoms with Gasteiger partial charge in [-0.2, -0.15) is 0 Å². The third-order valence-electron chi connectivity index (χ3n) is 5.72. The lowest BCUT2D eigenvalue weighted by atomic mass is 10.1. The smallest absolute Gasteiger partial charge is 0.303 e. The molecule has 1 aromatic carbocycles. The van der Waals surface area contributed by atoms with E-state index in [4.69, 9.17) is 26.3 Å². The number of rotatable bonds is 18. The van der Waals surface area contributed by atoms with E-state index in [9.17, 15) is 14.9 Å². The fourth-order valence-electron chi connectivity index (χ4n) is 3.79. The summed E-state index contributed by atoms with van der Waals surface area (Å²) in [7, 11) is 0. The maximum absolute atomic E-state index is 10.6. The van der Waals surface area contributed by atoms with Crippen molar-refractivity contribution in [1.29, 1.82) is 5.26 Å². The highest BCUT2D eigenvalue weighted by molar-refractivity contribution is 8.24. The van der Waals surface area contributed by atoms with E-state index in [0.29, 0.717) is 30.3 Å². The number of nitriles is 1. The number of ether oxygens (including phenoxy) is 2. The van der Waals surface area contributed by atoms with Crippen LogP contribution in [0.15, 0.2) is 25.8 Å². The van der Waals surface area contributed by atoms with Crippen molar-refractivity contribution in [1.82, 2.24) is 0 Å². The second kappa shape index (κ2) is 16.8. The maximum atomic E-state index is 10.6. The lowest BCUT2D eigenvalue weighted by Crippen LogP contribution is -2.03. The van der Waals surface area contributed by atoms with Crippen LogP contribution in [0, 0.1) is 24.8 Å². The molecule has 0 atom stereocenters. The van der Waals surface area contributed by atoms with Gasteiger partial charge < -0.3 is 19.7 Å². The van der Waals surface area contributed by atoms with Gasteiger partial charge in [0.1, 0.15) is 11.5 Å². The molecule has 37 heavy (non-hydrogen) atoms. The quantitative estimate of drug-likeness (QED) is 0.110. The fraction of sp³-hybridized carbons (Fsp3) is 0.556. The third kappa shape index (κ3) is 10.6. The Morgan fingerprint density at radius 3 is 1.95 bits per heavy atom. The second-order valence-electron chi connectivity index (χ2n) is 8.76. The standard InChI is InChI=1S/C27H34N2O6S2/c1-19-17-21(34-15-11-7-3-5-9-13-22(30)31)25-26(37-27(36-25)20(18-28)29-2)24(19)35-16-12-8-4-6-10-14-23(32)33/h17H,3-16H2,1H3,(H,30,31)(H,32,33)/b27-20+. The van der Waals surface area contributed by atoms with Gasteiger partial charge in [0.05, 0.1) is 39.9 Å². The average molecular weight is 547 g/mol. The topological polar surface area (TPSA) is 121 Å². The Labute approximate surface area is 227 Å². The Kier molecular flexibility index (Phi) is 13.8. The lowest BCUT2D eigenvalue weighted by Gasteiger charge is -2.16. The van der Waals surface area contributed by atoms with Crippen LogP contribution in [-0.2, 0) is 9.59 Å². The molecule has 0 saturated carbocycles. The summed E-state index contributed by atoms with van der Waals surface area (Å²) in [5.74, 6) is -0.0375. The summed E-state index contributed by atoms with van der Waals surface area (Å²) in [6.07, 6.45) is 9.17. The minimum Gasteiger partial charge on any atom is -0.492 e. The molecule has 0 unspecified atom stereocenters. The molecule has 0 fully saturated rings. The molecule has 0 aliphatic carbocycles. The number of aliphatic carboxylic acids is 2. The number of thioether (sulfide) groups is 2. The van der Waals surface area contributed by atoms with Crippen molar-refractivity contribution in [3.8, 4) is 17.6 Å². The Hall–Kier alpha value is -2.82. The van der Waals surface area contributed by atoms with Crippen molar-refractivity contribution >= 4 is 35.5 Å². The van der Waals surface area contributed by atoms with Crippen molar-refractivity contribution in [2.24, 2.45) is 0 Å². The number of nitrogens with zero attached hydrogens (tertiary/aromatic N) is 2. The summed E-state index contributed by atoms with van der Waals surface area (Å²) in [5, 5.41) is 26.8. The Morgan fingerprint density at radius 2 is 1.41 bits per heavy atom. The summed E-state index contributed by atoms with van der Waals surface area (Å²) < 4.78 is 12.9. The summed E-state index contributed by atoms with van der Waals surface area (Å²) in [4.78, 5) is 26.3. The van der Waals surface area contributed by atoms with Crippen LogP contribution in [0.25, 0.3) is 4.85 Å². The first kappa shape index (κ1) is 30.4. The van der Waals surface area contributed by atoms with Gasteiger partial charge in [0.25, 0.3) is 5.70 Å². The van der Waals surface area contributed by atoms with E-state index in [0.717, 1.165) is 78.2 Å². The zero-order valence-electron chi connectivity index (χ0n) is 21.2. The van der Waals surface area contributed by atoms with Crippen molar-refractivity contribution in [2.45, 2.75) is 93.8 Å². The lowest BCUT2D eigenvalue weighted by molar-refractivity contribution is -0.138. The normalized spacial score (nSPS) is 13.4. The number of carboxylic acids is 2. The number of allylic oxidation sites excluding steroid dienone is 1. The Bertz CT molecular complexity index is 1040. The number of aryl methyl sites for hydroxylation is 1. The Balaban J connectivity index is 1.97. The van der Waals surface area contributed by atoms with E-state index in [1.165, 1.54) is 23.5 Å². The number of benzene rings is 1. The number of carbonyl (C=O) groups is 2. The van der Waals surface area contributed by atoms with Crippen LogP contribution in [0.5, 0.6) is 11.5 Å². The molecule has 10 heteroatoms. The zero-order valence-corrected chi connectivity index (χ0v) is 22.8. The highest BCUT2D eigenvalue weighted by atomic mass is 32.2. The van der Waals surface area contributed by atoms with Gasteiger partial charge in [-0.1, -0.05) is 62.0 Å². The van der Waals surface area contributed by atoms with E-state index < -0.39 is 11.9 Å². The Morgan fingerprint density at radius 1 is 0.892 bits per heavy atom. The van der Waals surface area contributed by atoms with Gasteiger partial charge in [-0.3, -0.25) is 9.59 Å². The molecule has 1 heterocycles. The molecule has 200 valence electrons. The predicted molar refractivity (Wildman–Crippen MR) is 144 cm³/mol. The van der Waals surface area contributed by atoms with Crippen LogP contribution in [-0.4, -0.2) is 35.4 Å². The number of hydrogen-bond acceptors (Lipinski definition) is 7. The first-order valence-corrected chi connectivity index (χ1v) is 14.2. The summed E-state index contributed by atoms with van der Waals surface area (Å²) in [5.41, 5.74) is 0.989. The van der Waals surface area contributed by atoms with E-state index >= 15 is 0 Å². The summed E-state index contributed by atoms with van der Waals surface area (Å²) >= 11 is 2.75. The molecule has 0 bridgehead atoms. The largest absolute Gasteiger partial charge is 0.492 e. The first-order chi connectivity index (χ1) is 17.9. The summed E-state index contributed by atoms with van der Waals surface area (Å²) in [6, 6.07) is 3.93. The molecule has 0 spiro atoms. The van der Waals surface area contributed by atoms with Gasteiger partial charge in [-0.15, -0.1) is 0 Å². The van der Waals surface area contributed by atoms with Crippen molar-refractivity contribution < 1.29 is 29.3 Å². The SMILES string of the molecule is [C-]#[N+]/C(C#N)=C1\Sc2c(OCCCCCCCC(=O)O)cc(C)c(OCCCCCCCC(=O)O)c2S1. The zero-order chi connectivity index (χ0) is 27.0. The monoisotopic (exact) mass is 546 g/mol. The maximum Gasteiger partial charge on any atom is 0.303 e. The van der Waals surface area contributed by atoms with E-state index in [2.05, 4.69) is 4.85 Å². The number of fused-ring (bicyclic) bond motifs is 1. The minimum atomic E-state index is -0.755. The van der Waals surface area contributed by atoms with Crippen molar-refractivity contribution in [3.63, 3.8) is 0 Å². The average Bonchev–Trinajstić information content (AvgIpc) is 3.29. The second-order valence-corrected chi connectivity index (χ2v) is 11.1. The van der Waals surface area contributed by atoms with Crippen LogP contribution in [0.3, 0.4) is 0 Å². The van der Waals surface area contributed by atoms with Gasteiger partial charge >= 0.3 is 11.9 Å². The van der Waals surface area contributed by atoms with Gasteiger partial charge in [0.15, 0.2) is 0 Å². The molecule has 2 N–H and O–H groups in total. The molecule has 0 radical (unpaired) electrons. The summed E-state index contributed by atoms with van der Waals surface area (Å²) in [6.45, 7) is 10.4. The fourth-order valence-corrected chi connectivity index (χ4v) is 6.36. The van der Waals surface area contributed by atoms with Crippen LogP contribution in [0.4, 0.5) is 0 Å². The van der Waals surface area contributed by atoms with Gasteiger partial charge in [0.2, 0.25) is 0 Å². The first-order valence-electron chi connectivity index (χ1n) is 12.6. The number of hydrogen-bond donors (Lipinski definition) is 2. The van der Waals surface area contributed by atoms with Gasteiger partial charge in [0, 0.05) is 12.8 Å². The highest BCUT2D eigenvalue weighted by Crippen LogP contribution is 2.59.